The van der Waals surface area contributed by atoms with Gasteiger partial charge in [0.15, 0.2) is 5.76 Å². The molecule has 6 heteroatoms. The molecule has 0 radical (unpaired) electrons. The molecule has 0 aliphatic heterocycles. The molecule has 0 atom stereocenters. The van der Waals surface area contributed by atoms with Crippen molar-refractivity contribution in [3.8, 4) is 22.8 Å². The van der Waals surface area contributed by atoms with Crippen LogP contribution in [0.3, 0.4) is 0 Å². The van der Waals surface area contributed by atoms with Crippen LogP contribution in [0, 0.1) is 6.92 Å². The quantitative estimate of drug-likeness (QED) is 0.513. The highest BCUT2D eigenvalue weighted by Gasteiger charge is 2.18. The Hall–Kier alpha value is -3.38. The van der Waals surface area contributed by atoms with E-state index in [-0.39, 0.29) is 4.90 Å². The van der Waals surface area contributed by atoms with Gasteiger partial charge in [-0.2, -0.15) is 0 Å². The second-order valence-corrected chi connectivity index (χ2v) is 8.04. The summed E-state index contributed by atoms with van der Waals surface area (Å²) >= 11 is 0. The van der Waals surface area contributed by atoms with E-state index >= 15 is 0 Å². The molecule has 0 saturated heterocycles. The van der Waals surface area contributed by atoms with E-state index in [9.17, 15) is 8.42 Å². The average molecular weight is 390 g/mol. The molecule has 5 nitrogen and oxygen atoms in total. The van der Waals surface area contributed by atoms with Gasteiger partial charge in [0.1, 0.15) is 0 Å². The summed E-state index contributed by atoms with van der Waals surface area (Å²) < 4.78 is 34.1. The molecule has 0 saturated carbocycles. The summed E-state index contributed by atoms with van der Waals surface area (Å²) in [6, 6.07) is 23.3. The molecular formula is C22H18N2O3S. The van der Waals surface area contributed by atoms with Crippen LogP contribution in [0.2, 0.25) is 0 Å². The van der Waals surface area contributed by atoms with E-state index in [1.54, 1.807) is 48.7 Å². The third kappa shape index (κ3) is 3.68. The Morgan fingerprint density at radius 2 is 1.54 bits per heavy atom. The highest BCUT2D eigenvalue weighted by Crippen LogP contribution is 2.31. The van der Waals surface area contributed by atoms with Crippen LogP contribution in [0.4, 0.5) is 5.69 Å². The fourth-order valence-corrected chi connectivity index (χ4v) is 3.89. The summed E-state index contributed by atoms with van der Waals surface area (Å²) in [6.07, 6.45) is 1.63. The molecule has 1 aromatic heterocycles. The van der Waals surface area contributed by atoms with Crippen molar-refractivity contribution < 1.29 is 12.8 Å². The fraction of sp³-hybridized carbons (Fsp3) is 0.0455. The fourth-order valence-electron chi connectivity index (χ4n) is 2.81. The number of aromatic nitrogens is 1. The minimum atomic E-state index is -3.73. The topological polar surface area (TPSA) is 72.2 Å². The lowest BCUT2D eigenvalue weighted by Crippen LogP contribution is -2.13. The van der Waals surface area contributed by atoms with E-state index in [0.29, 0.717) is 22.9 Å². The Bertz CT molecular complexity index is 1200. The maximum Gasteiger partial charge on any atom is 0.261 e. The molecule has 0 aliphatic rings. The molecule has 0 unspecified atom stereocenters. The Kier molecular flexibility index (Phi) is 4.71. The third-order valence-electron chi connectivity index (χ3n) is 4.30. The van der Waals surface area contributed by atoms with Crippen molar-refractivity contribution in [3.05, 3.63) is 90.6 Å². The number of nitrogens with one attached hydrogen (secondary N) is 1. The molecule has 4 aromatic rings. The van der Waals surface area contributed by atoms with E-state index in [1.165, 1.54) is 0 Å². The van der Waals surface area contributed by atoms with Crippen molar-refractivity contribution in [3.63, 3.8) is 0 Å². The monoisotopic (exact) mass is 390 g/mol. The van der Waals surface area contributed by atoms with Gasteiger partial charge in [-0.3, -0.25) is 4.72 Å². The highest BCUT2D eigenvalue weighted by molar-refractivity contribution is 7.92. The van der Waals surface area contributed by atoms with Crippen LogP contribution in [-0.4, -0.2) is 13.4 Å². The summed E-state index contributed by atoms with van der Waals surface area (Å²) in [5.74, 6) is 0.966. The maximum absolute atomic E-state index is 12.8. The van der Waals surface area contributed by atoms with Gasteiger partial charge in [0.2, 0.25) is 5.89 Å². The Morgan fingerprint density at radius 3 is 2.29 bits per heavy atom. The molecule has 28 heavy (non-hydrogen) atoms. The van der Waals surface area contributed by atoms with Crippen molar-refractivity contribution >= 4 is 15.7 Å². The molecule has 3 aromatic carbocycles. The summed E-state index contributed by atoms with van der Waals surface area (Å²) in [6.45, 7) is 1.91. The second kappa shape index (κ2) is 7.32. The van der Waals surface area contributed by atoms with Gasteiger partial charge >= 0.3 is 0 Å². The zero-order valence-corrected chi connectivity index (χ0v) is 16.0. The normalized spacial score (nSPS) is 11.3. The third-order valence-corrected chi connectivity index (χ3v) is 5.68. The SMILES string of the molecule is Cc1ccc(S(=O)(=O)Nc2ccccc2-c2ncc(-c3ccccc3)o2)cc1. The van der Waals surface area contributed by atoms with E-state index < -0.39 is 10.0 Å². The second-order valence-electron chi connectivity index (χ2n) is 6.36. The van der Waals surface area contributed by atoms with Crippen LogP contribution in [0.1, 0.15) is 5.56 Å². The summed E-state index contributed by atoms with van der Waals surface area (Å²) in [5.41, 5.74) is 2.87. The van der Waals surface area contributed by atoms with Gasteiger partial charge in [-0.25, -0.2) is 13.4 Å². The molecule has 0 aliphatic carbocycles. The number of sulfonamides is 1. The number of rotatable bonds is 5. The largest absolute Gasteiger partial charge is 0.436 e. The summed E-state index contributed by atoms with van der Waals surface area (Å²) in [5, 5.41) is 0. The number of aryl methyl sites for hydroxylation is 1. The maximum atomic E-state index is 12.8. The lowest BCUT2D eigenvalue weighted by molar-refractivity contribution is 0.589. The van der Waals surface area contributed by atoms with Crippen molar-refractivity contribution in [1.82, 2.24) is 4.98 Å². The van der Waals surface area contributed by atoms with Gasteiger partial charge in [0.25, 0.3) is 10.0 Å². The van der Waals surface area contributed by atoms with Crippen LogP contribution in [-0.2, 0) is 10.0 Å². The average Bonchev–Trinajstić information content (AvgIpc) is 3.19. The number of benzene rings is 3. The Morgan fingerprint density at radius 1 is 0.857 bits per heavy atom. The molecule has 0 amide bonds. The predicted molar refractivity (Wildman–Crippen MR) is 109 cm³/mol. The standard InChI is InChI=1S/C22H18N2O3S/c1-16-11-13-18(14-12-16)28(25,26)24-20-10-6-5-9-19(20)22-23-15-21(27-22)17-7-3-2-4-8-17/h2-15,24H,1H3. The molecule has 140 valence electrons. The van der Waals surface area contributed by atoms with Crippen LogP contribution in [0.15, 0.2) is 94.4 Å². The van der Waals surface area contributed by atoms with Gasteiger partial charge in [-0.1, -0.05) is 60.2 Å². The zero-order chi connectivity index (χ0) is 19.6. The first-order valence-corrected chi connectivity index (χ1v) is 10.2. The van der Waals surface area contributed by atoms with Crippen molar-refractivity contribution in [2.24, 2.45) is 0 Å². The Balaban J connectivity index is 1.68. The van der Waals surface area contributed by atoms with Crippen LogP contribution in [0.5, 0.6) is 0 Å². The van der Waals surface area contributed by atoms with Gasteiger partial charge in [0.05, 0.1) is 22.3 Å². The molecular weight excluding hydrogens is 372 g/mol. The molecule has 4 rings (SSSR count). The van der Waals surface area contributed by atoms with Gasteiger partial charge in [0, 0.05) is 5.56 Å². The van der Waals surface area contributed by atoms with E-state index in [1.807, 2.05) is 43.3 Å². The van der Waals surface area contributed by atoms with Crippen molar-refractivity contribution in [1.29, 1.82) is 0 Å². The predicted octanol–water partition coefficient (Wildman–Crippen LogP) is 5.12. The molecule has 0 bridgehead atoms. The lowest BCUT2D eigenvalue weighted by Gasteiger charge is -2.11. The van der Waals surface area contributed by atoms with Crippen molar-refractivity contribution in [2.75, 3.05) is 4.72 Å². The van der Waals surface area contributed by atoms with Gasteiger partial charge in [-0.15, -0.1) is 0 Å². The minimum absolute atomic E-state index is 0.199. The van der Waals surface area contributed by atoms with E-state index in [0.717, 1.165) is 11.1 Å². The summed E-state index contributed by atoms with van der Waals surface area (Å²) in [4.78, 5) is 4.54. The smallest absolute Gasteiger partial charge is 0.261 e. The van der Waals surface area contributed by atoms with Gasteiger partial charge < -0.3 is 4.42 Å². The number of hydrogen-bond acceptors (Lipinski definition) is 4. The van der Waals surface area contributed by atoms with Crippen molar-refractivity contribution in [2.45, 2.75) is 11.8 Å². The van der Waals surface area contributed by atoms with Crippen LogP contribution < -0.4 is 4.72 Å². The Labute approximate surface area is 163 Å². The number of oxazole rings is 1. The molecule has 0 fully saturated rings. The number of anilines is 1. The van der Waals surface area contributed by atoms with Gasteiger partial charge in [-0.05, 0) is 31.2 Å². The number of hydrogen-bond donors (Lipinski definition) is 1. The van der Waals surface area contributed by atoms with Crippen LogP contribution >= 0.6 is 0 Å². The highest BCUT2D eigenvalue weighted by atomic mass is 32.2. The minimum Gasteiger partial charge on any atom is -0.436 e. The first-order valence-electron chi connectivity index (χ1n) is 8.73. The first-order chi connectivity index (χ1) is 13.5. The summed E-state index contributed by atoms with van der Waals surface area (Å²) in [7, 11) is -3.73. The molecule has 1 N–H and O–H groups in total. The van der Waals surface area contributed by atoms with Crippen LogP contribution in [0.25, 0.3) is 22.8 Å². The number of nitrogens with zero attached hydrogens (tertiary/aromatic N) is 1. The van der Waals surface area contributed by atoms with E-state index in [2.05, 4.69) is 9.71 Å². The van der Waals surface area contributed by atoms with E-state index in [4.69, 9.17) is 4.42 Å². The first kappa shape index (κ1) is 18.0. The number of para-hydroxylation sites is 1. The molecule has 0 spiro atoms. The zero-order valence-electron chi connectivity index (χ0n) is 15.2. The molecule has 1 heterocycles. The lowest BCUT2D eigenvalue weighted by atomic mass is 10.2.